The summed E-state index contributed by atoms with van der Waals surface area (Å²) >= 11 is 5.96. The van der Waals surface area contributed by atoms with Gasteiger partial charge in [-0.15, -0.1) is 0 Å². The number of aromatic nitrogens is 2. The molecule has 1 aromatic heterocycles. The number of aryl methyl sites for hydroxylation is 1. The molecule has 1 saturated carbocycles. The summed E-state index contributed by atoms with van der Waals surface area (Å²) in [6.07, 6.45) is 5.68. The normalized spacial score (nSPS) is 20.3. The van der Waals surface area contributed by atoms with Crippen LogP contribution in [-0.4, -0.2) is 22.1 Å². The second-order valence-electron chi connectivity index (χ2n) is 6.55. The fraction of sp³-hybridized carbons (Fsp3) is 0.444. The van der Waals surface area contributed by atoms with Crippen molar-refractivity contribution in [1.29, 1.82) is 0 Å². The Kier molecular flexibility index (Phi) is 5.71. The molecule has 4 N–H and O–H groups in total. The third kappa shape index (κ3) is 4.58. The standard InChI is InChI=1S/C18H23ClFN5/c1-11-3-2-4-15(20)16(11)22-9-12-10-23-18(19)25-17(12)24-14-7-5-13(21)6-8-14/h2-4,10,13-14,22H,5-9,21H2,1H3,(H,23,24,25). The van der Waals surface area contributed by atoms with Crippen LogP contribution in [0.1, 0.15) is 36.8 Å². The lowest BCUT2D eigenvalue weighted by Gasteiger charge is -2.28. The molecule has 2 aromatic rings. The Morgan fingerprint density at radius 1 is 1.28 bits per heavy atom. The average molecular weight is 364 g/mol. The van der Waals surface area contributed by atoms with Crippen molar-refractivity contribution < 1.29 is 4.39 Å². The summed E-state index contributed by atoms with van der Waals surface area (Å²) in [5.41, 5.74) is 8.16. The zero-order valence-corrected chi connectivity index (χ0v) is 15.0. The highest BCUT2D eigenvalue weighted by molar-refractivity contribution is 6.28. The van der Waals surface area contributed by atoms with Gasteiger partial charge in [-0.05, 0) is 55.8 Å². The van der Waals surface area contributed by atoms with Crippen molar-refractivity contribution in [3.8, 4) is 0 Å². The summed E-state index contributed by atoms with van der Waals surface area (Å²) in [5.74, 6) is 0.424. The SMILES string of the molecule is Cc1cccc(F)c1NCc1cnc(Cl)nc1NC1CCC(N)CC1. The van der Waals surface area contributed by atoms with E-state index in [1.165, 1.54) is 6.07 Å². The van der Waals surface area contributed by atoms with Gasteiger partial charge in [-0.3, -0.25) is 0 Å². The Morgan fingerprint density at radius 3 is 2.76 bits per heavy atom. The van der Waals surface area contributed by atoms with Crippen molar-refractivity contribution in [2.45, 2.75) is 51.2 Å². The highest BCUT2D eigenvalue weighted by atomic mass is 35.5. The quantitative estimate of drug-likeness (QED) is 0.703. The van der Waals surface area contributed by atoms with Crippen molar-refractivity contribution in [2.24, 2.45) is 5.73 Å². The Balaban J connectivity index is 1.73. The Labute approximate surface area is 152 Å². The smallest absolute Gasteiger partial charge is 0.224 e. The van der Waals surface area contributed by atoms with E-state index in [2.05, 4.69) is 20.6 Å². The number of nitrogens with one attached hydrogen (secondary N) is 2. The van der Waals surface area contributed by atoms with Gasteiger partial charge in [0.15, 0.2) is 0 Å². The van der Waals surface area contributed by atoms with E-state index in [0.29, 0.717) is 24.1 Å². The van der Waals surface area contributed by atoms with Gasteiger partial charge in [0.05, 0.1) is 5.69 Å². The molecule has 7 heteroatoms. The molecule has 0 amide bonds. The fourth-order valence-electron chi connectivity index (χ4n) is 3.14. The van der Waals surface area contributed by atoms with Crippen LogP contribution in [0, 0.1) is 12.7 Å². The molecule has 25 heavy (non-hydrogen) atoms. The van der Waals surface area contributed by atoms with E-state index in [1.54, 1.807) is 12.3 Å². The molecule has 3 rings (SSSR count). The van der Waals surface area contributed by atoms with Crippen LogP contribution in [0.5, 0.6) is 0 Å². The van der Waals surface area contributed by atoms with Crippen LogP contribution in [0.3, 0.4) is 0 Å². The lowest BCUT2D eigenvalue weighted by molar-refractivity contribution is 0.410. The third-order valence-electron chi connectivity index (χ3n) is 4.63. The molecule has 1 fully saturated rings. The van der Waals surface area contributed by atoms with Gasteiger partial charge in [0.25, 0.3) is 0 Å². The fourth-order valence-corrected chi connectivity index (χ4v) is 3.27. The van der Waals surface area contributed by atoms with Crippen LogP contribution in [0.15, 0.2) is 24.4 Å². The first kappa shape index (κ1) is 17.9. The van der Waals surface area contributed by atoms with Gasteiger partial charge in [0.1, 0.15) is 11.6 Å². The number of rotatable bonds is 5. The predicted molar refractivity (Wildman–Crippen MR) is 99.4 cm³/mol. The van der Waals surface area contributed by atoms with Gasteiger partial charge < -0.3 is 16.4 Å². The summed E-state index contributed by atoms with van der Waals surface area (Å²) < 4.78 is 14.0. The maximum absolute atomic E-state index is 14.0. The minimum atomic E-state index is -0.273. The lowest BCUT2D eigenvalue weighted by atomic mass is 9.92. The first-order valence-electron chi connectivity index (χ1n) is 8.55. The Morgan fingerprint density at radius 2 is 2.04 bits per heavy atom. The number of hydrogen-bond acceptors (Lipinski definition) is 5. The molecule has 1 aliphatic rings. The minimum Gasteiger partial charge on any atom is -0.378 e. The molecule has 134 valence electrons. The second kappa shape index (κ2) is 7.97. The molecule has 0 aliphatic heterocycles. The van der Waals surface area contributed by atoms with E-state index in [0.717, 1.165) is 36.8 Å². The molecule has 0 spiro atoms. The number of anilines is 2. The van der Waals surface area contributed by atoms with Crippen molar-refractivity contribution >= 4 is 23.1 Å². The first-order valence-corrected chi connectivity index (χ1v) is 8.93. The van der Waals surface area contributed by atoms with E-state index in [-0.39, 0.29) is 17.1 Å². The molecular weight excluding hydrogens is 341 g/mol. The maximum Gasteiger partial charge on any atom is 0.224 e. The summed E-state index contributed by atoms with van der Waals surface area (Å²) in [6, 6.07) is 5.62. The Bertz CT molecular complexity index is 711. The molecule has 0 atom stereocenters. The number of nitrogens with two attached hydrogens (primary N) is 1. The van der Waals surface area contributed by atoms with E-state index < -0.39 is 0 Å². The van der Waals surface area contributed by atoms with Gasteiger partial charge in [-0.1, -0.05) is 12.1 Å². The number of nitrogens with zero attached hydrogens (tertiary/aromatic N) is 2. The van der Waals surface area contributed by atoms with Crippen LogP contribution >= 0.6 is 11.6 Å². The van der Waals surface area contributed by atoms with E-state index in [4.69, 9.17) is 17.3 Å². The van der Waals surface area contributed by atoms with Gasteiger partial charge in [0, 0.05) is 30.4 Å². The molecule has 0 bridgehead atoms. The van der Waals surface area contributed by atoms with Crippen LogP contribution in [0.2, 0.25) is 5.28 Å². The van der Waals surface area contributed by atoms with Crippen molar-refractivity contribution in [2.75, 3.05) is 10.6 Å². The molecule has 0 radical (unpaired) electrons. The number of hydrogen-bond donors (Lipinski definition) is 3. The van der Waals surface area contributed by atoms with Gasteiger partial charge in [-0.2, -0.15) is 0 Å². The van der Waals surface area contributed by atoms with Crippen LogP contribution in [0.4, 0.5) is 15.9 Å². The number of para-hydroxylation sites is 1. The van der Waals surface area contributed by atoms with Gasteiger partial charge >= 0.3 is 0 Å². The topological polar surface area (TPSA) is 75.9 Å². The predicted octanol–water partition coefficient (Wildman–Crippen LogP) is 3.87. The second-order valence-corrected chi connectivity index (χ2v) is 6.89. The summed E-state index contributed by atoms with van der Waals surface area (Å²) in [6.45, 7) is 2.28. The zero-order chi connectivity index (χ0) is 17.8. The molecule has 1 aromatic carbocycles. The van der Waals surface area contributed by atoms with E-state index in [9.17, 15) is 4.39 Å². The number of benzene rings is 1. The lowest BCUT2D eigenvalue weighted by Crippen LogP contribution is -2.33. The average Bonchev–Trinajstić information content (AvgIpc) is 2.58. The maximum atomic E-state index is 14.0. The Hall–Kier alpha value is -1.92. The molecule has 0 unspecified atom stereocenters. The minimum absolute atomic E-state index is 0.195. The van der Waals surface area contributed by atoms with E-state index in [1.807, 2.05) is 13.0 Å². The highest BCUT2D eigenvalue weighted by Gasteiger charge is 2.20. The molecule has 1 aliphatic carbocycles. The van der Waals surface area contributed by atoms with Crippen LogP contribution in [0.25, 0.3) is 0 Å². The van der Waals surface area contributed by atoms with E-state index >= 15 is 0 Å². The van der Waals surface area contributed by atoms with Gasteiger partial charge in [0.2, 0.25) is 5.28 Å². The van der Waals surface area contributed by atoms with Crippen molar-refractivity contribution in [1.82, 2.24) is 9.97 Å². The monoisotopic (exact) mass is 363 g/mol. The highest BCUT2D eigenvalue weighted by Crippen LogP contribution is 2.25. The molecular formula is C18H23ClFN5. The summed E-state index contributed by atoms with van der Waals surface area (Å²) in [7, 11) is 0. The third-order valence-corrected chi connectivity index (χ3v) is 4.81. The summed E-state index contributed by atoms with van der Waals surface area (Å²) in [4.78, 5) is 8.38. The van der Waals surface area contributed by atoms with Crippen molar-refractivity contribution in [3.63, 3.8) is 0 Å². The van der Waals surface area contributed by atoms with Crippen molar-refractivity contribution in [3.05, 3.63) is 46.6 Å². The first-order chi connectivity index (χ1) is 12.0. The molecule has 1 heterocycles. The molecule has 0 saturated heterocycles. The van der Waals surface area contributed by atoms with Crippen LogP contribution in [-0.2, 0) is 6.54 Å². The largest absolute Gasteiger partial charge is 0.378 e. The number of halogens is 2. The summed E-state index contributed by atoms with van der Waals surface area (Å²) in [5, 5.41) is 6.79. The van der Waals surface area contributed by atoms with Crippen LogP contribution < -0.4 is 16.4 Å². The van der Waals surface area contributed by atoms with Gasteiger partial charge in [-0.25, -0.2) is 14.4 Å². The zero-order valence-electron chi connectivity index (χ0n) is 14.2. The molecule has 5 nitrogen and oxygen atoms in total.